The van der Waals surface area contributed by atoms with Crippen molar-refractivity contribution in [2.75, 3.05) is 0 Å². The van der Waals surface area contributed by atoms with E-state index in [0.29, 0.717) is 11.1 Å². The second kappa shape index (κ2) is 7.87. The number of rotatable bonds is 5. The third kappa shape index (κ3) is 3.15. The standard InChI is InChI=1S/C26H34O2/c1-11-19-15(7)21(13(3)4)25(27)23(17(19)9)24-18(10)20(12-2)16(8)22(14(5)6)26(24)28/h11-14,27-28H,1-2H2,3-10H3. The van der Waals surface area contributed by atoms with Gasteiger partial charge in [-0.2, -0.15) is 0 Å². The van der Waals surface area contributed by atoms with Crippen LogP contribution in [0.3, 0.4) is 0 Å². The largest absolute Gasteiger partial charge is 0.507 e. The minimum absolute atomic E-state index is 0.148. The zero-order valence-electron chi connectivity index (χ0n) is 18.6. The van der Waals surface area contributed by atoms with Crippen LogP contribution in [0.15, 0.2) is 13.2 Å². The molecule has 2 rings (SSSR count). The molecule has 2 aromatic carbocycles. The molecule has 0 amide bonds. The van der Waals surface area contributed by atoms with Crippen molar-refractivity contribution in [3.63, 3.8) is 0 Å². The van der Waals surface area contributed by atoms with Crippen molar-refractivity contribution >= 4 is 12.2 Å². The third-order valence-electron chi connectivity index (χ3n) is 5.97. The first-order valence-corrected chi connectivity index (χ1v) is 9.98. The molecule has 2 N–H and O–H groups in total. The van der Waals surface area contributed by atoms with Crippen LogP contribution >= 0.6 is 0 Å². The van der Waals surface area contributed by atoms with Gasteiger partial charge in [0, 0.05) is 22.3 Å². The SMILES string of the molecule is C=Cc1c(C)c(-c2c(C)c(C=C)c(C)c(C(C)C)c2O)c(O)c(C(C)C)c1C. The lowest BCUT2D eigenvalue weighted by atomic mass is 9.80. The molecule has 0 spiro atoms. The summed E-state index contributed by atoms with van der Waals surface area (Å²) in [6, 6.07) is 0. The molecule has 0 aliphatic heterocycles. The Labute approximate surface area is 170 Å². The lowest BCUT2D eigenvalue weighted by Crippen LogP contribution is -2.05. The smallest absolute Gasteiger partial charge is 0.127 e. The second-order valence-corrected chi connectivity index (χ2v) is 8.32. The van der Waals surface area contributed by atoms with E-state index in [-0.39, 0.29) is 23.3 Å². The van der Waals surface area contributed by atoms with E-state index < -0.39 is 0 Å². The summed E-state index contributed by atoms with van der Waals surface area (Å²) in [5, 5.41) is 22.7. The van der Waals surface area contributed by atoms with Crippen LogP contribution in [0.5, 0.6) is 11.5 Å². The number of hydrogen-bond acceptors (Lipinski definition) is 2. The Morgan fingerprint density at radius 1 is 0.607 bits per heavy atom. The van der Waals surface area contributed by atoms with Gasteiger partial charge in [0.2, 0.25) is 0 Å². The lowest BCUT2D eigenvalue weighted by Gasteiger charge is -2.26. The van der Waals surface area contributed by atoms with Crippen LogP contribution in [0, 0.1) is 27.7 Å². The minimum Gasteiger partial charge on any atom is -0.507 e. The first-order chi connectivity index (χ1) is 13.0. The molecule has 2 heteroatoms. The van der Waals surface area contributed by atoms with E-state index in [9.17, 15) is 10.2 Å². The van der Waals surface area contributed by atoms with Crippen molar-refractivity contribution in [1.82, 2.24) is 0 Å². The highest BCUT2D eigenvalue weighted by molar-refractivity contribution is 5.89. The molecular weight excluding hydrogens is 344 g/mol. The van der Waals surface area contributed by atoms with Crippen LogP contribution in [-0.2, 0) is 0 Å². The number of benzene rings is 2. The Morgan fingerprint density at radius 2 is 0.893 bits per heavy atom. The highest BCUT2D eigenvalue weighted by Crippen LogP contribution is 2.50. The van der Waals surface area contributed by atoms with Gasteiger partial charge in [0.25, 0.3) is 0 Å². The Bertz CT molecular complexity index is 880. The molecule has 28 heavy (non-hydrogen) atoms. The molecule has 2 aromatic rings. The maximum atomic E-state index is 11.3. The van der Waals surface area contributed by atoms with Gasteiger partial charge in [0.1, 0.15) is 11.5 Å². The molecule has 0 heterocycles. The average Bonchev–Trinajstić information content (AvgIpc) is 2.57. The lowest BCUT2D eigenvalue weighted by molar-refractivity contribution is 0.457. The number of phenolic OH excluding ortho intramolecular Hbond substituents is 2. The van der Waals surface area contributed by atoms with E-state index in [1.807, 2.05) is 39.8 Å². The summed E-state index contributed by atoms with van der Waals surface area (Å²) >= 11 is 0. The van der Waals surface area contributed by atoms with Gasteiger partial charge in [0.15, 0.2) is 0 Å². The Morgan fingerprint density at radius 3 is 1.11 bits per heavy atom. The van der Waals surface area contributed by atoms with Crippen molar-refractivity contribution in [3.8, 4) is 22.6 Å². The van der Waals surface area contributed by atoms with Gasteiger partial charge < -0.3 is 10.2 Å². The van der Waals surface area contributed by atoms with Gasteiger partial charge in [-0.3, -0.25) is 0 Å². The Hall–Kier alpha value is -2.48. The quantitative estimate of drug-likeness (QED) is 0.564. The first-order valence-electron chi connectivity index (χ1n) is 9.98. The molecule has 0 bridgehead atoms. The van der Waals surface area contributed by atoms with Crippen LogP contribution in [0.1, 0.15) is 84.0 Å². The topological polar surface area (TPSA) is 40.5 Å². The van der Waals surface area contributed by atoms with Crippen LogP contribution in [0.4, 0.5) is 0 Å². The summed E-state index contributed by atoms with van der Waals surface area (Å²) in [7, 11) is 0. The minimum atomic E-state index is 0.148. The summed E-state index contributed by atoms with van der Waals surface area (Å²) in [6.07, 6.45) is 3.69. The van der Waals surface area contributed by atoms with E-state index in [1.165, 1.54) is 0 Å². The second-order valence-electron chi connectivity index (χ2n) is 8.32. The normalized spacial score (nSPS) is 11.4. The maximum Gasteiger partial charge on any atom is 0.127 e. The summed E-state index contributed by atoms with van der Waals surface area (Å²) < 4.78 is 0. The summed E-state index contributed by atoms with van der Waals surface area (Å²) in [5.41, 5.74) is 9.18. The highest BCUT2D eigenvalue weighted by atomic mass is 16.3. The summed E-state index contributed by atoms with van der Waals surface area (Å²) in [4.78, 5) is 0. The van der Waals surface area contributed by atoms with Gasteiger partial charge in [0.05, 0.1) is 0 Å². The maximum absolute atomic E-state index is 11.3. The molecule has 0 aliphatic rings. The van der Waals surface area contributed by atoms with Crippen LogP contribution in [0.25, 0.3) is 23.3 Å². The molecule has 0 fully saturated rings. The zero-order valence-corrected chi connectivity index (χ0v) is 18.6. The summed E-state index contributed by atoms with van der Waals surface area (Å²) in [5.74, 6) is 0.800. The van der Waals surface area contributed by atoms with Gasteiger partial charge in [-0.15, -0.1) is 0 Å². The van der Waals surface area contributed by atoms with Crippen LogP contribution in [0.2, 0.25) is 0 Å². The molecule has 0 unspecified atom stereocenters. The van der Waals surface area contributed by atoms with E-state index in [2.05, 4.69) is 40.9 Å². The fourth-order valence-corrected chi connectivity index (χ4v) is 4.74. The van der Waals surface area contributed by atoms with Gasteiger partial charge in [-0.05, 0) is 72.9 Å². The number of aromatic hydroxyl groups is 2. The van der Waals surface area contributed by atoms with E-state index in [0.717, 1.165) is 44.5 Å². The zero-order chi connectivity index (χ0) is 21.5. The molecule has 0 saturated carbocycles. The number of hydrogen-bond donors (Lipinski definition) is 2. The van der Waals surface area contributed by atoms with Crippen LogP contribution in [-0.4, -0.2) is 10.2 Å². The predicted molar refractivity (Wildman–Crippen MR) is 123 cm³/mol. The Kier molecular flexibility index (Phi) is 6.13. The molecule has 0 aromatic heterocycles. The monoisotopic (exact) mass is 378 g/mol. The molecule has 0 saturated heterocycles. The predicted octanol–water partition coefficient (Wildman–Crippen LogP) is 7.53. The van der Waals surface area contributed by atoms with Crippen LogP contribution < -0.4 is 0 Å². The van der Waals surface area contributed by atoms with Crippen molar-refractivity contribution in [2.45, 2.75) is 67.2 Å². The number of phenols is 2. The molecule has 0 atom stereocenters. The van der Waals surface area contributed by atoms with Crippen molar-refractivity contribution in [2.24, 2.45) is 0 Å². The third-order valence-corrected chi connectivity index (χ3v) is 5.97. The fraction of sp³-hybridized carbons (Fsp3) is 0.385. The Balaban J connectivity index is 3.17. The van der Waals surface area contributed by atoms with E-state index >= 15 is 0 Å². The highest BCUT2D eigenvalue weighted by Gasteiger charge is 2.27. The van der Waals surface area contributed by atoms with E-state index in [1.54, 1.807) is 0 Å². The van der Waals surface area contributed by atoms with Gasteiger partial charge in [-0.25, -0.2) is 0 Å². The molecule has 0 aliphatic carbocycles. The average molecular weight is 379 g/mol. The molecule has 150 valence electrons. The molecular formula is C26H34O2. The van der Waals surface area contributed by atoms with Gasteiger partial charge >= 0.3 is 0 Å². The molecule has 2 nitrogen and oxygen atoms in total. The van der Waals surface area contributed by atoms with Crippen molar-refractivity contribution < 1.29 is 10.2 Å². The first kappa shape index (κ1) is 21.8. The van der Waals surface area contributed by atoms with Gasteiger partial charge in [-0.1, -0.05) is 53.0 Å². The van der Waals surface area contributed by atoms with Crippen molar-refractivity contribution in [1.29, 1.82) is 0 Å². The molecule has 0 radical (unpaired) electrons. The van der Waals surface area contributed by atoms with Crippen molar-refractivity contribution in [3.05, 3.63) is 57.7 Å². The fourth-order valence-electron chi connectivity index (χ4n) is 4.74. The van der Waals surface area contributed by atoms with E-state index in [4.69, 9.17) is 0 Å². The summed E-state index contributed by atoms with van der Waals surface area (Å²) in [6.45, 7) is 24.3.